The molecule has 0 aliphatic rings. The second-order valence-corrected chi connectivity index (χ2v) is 5.85. The Labute approximate surface area is 110 Å². The summed E-state index contributed by atoms with van der Waals surface area (Å²) in [6.07, 6.45) is 2.86. The van der Waals surface area contributed by atoms with E-state index in [1.165, 1.54) is 0 Å². The van der Waals surface area contributed by atoms with Crippen LogP contribution >= 0.6 is 11.6 Å². The fourth-order valence-electron chi connectivity index (χ4n) is 2.01. The average Bonchev–Trinajstić information content (AvgIpc) is 2.59. The minimum atomic E-state index is 0.117. The highest BCUT2D eigenvalue weighted by atomic mass is 35.5. The Morgan fingerprint density at radius 1 is 1.41 bits per heavy atom. The first kappa shape index (κ1) is 14.5. The molecule has 1 N–H and O–H groups in total. The van der Waals surface area contributed by atoms with E-state index in [0.29, 0.717) is 0 Å². The fourth-order valence-corrected chi connectivity index (χ4v) is 2.26. The number of rotatable bonds is 5. The molecule has 1 rings (SSSR count). The summed E-state index contributed by atoms with van der Waals surface area (Å²) in [4.78, 5) is 0. The van der Waals surface area contributed by atoms with Crippen LogP contribution in [0.5, 0.6) is 0 Å². The van der Waals surface area contributed by atoms with Crippen LogP contribution in [0.25, 0.3) is 0 Å². The summed E-state index contributed by atoms with van der Waals surface area (Å²) in [7, 11) is 0. The molecule has 1 heterocycles. The standard InChI is InChI=1S/C13H24ClN3/c1-6-8-15-12(13(3,4)5)11-10(14)9-16-17(11)7-2/h9,12,15H,6-8H2,1-5H3. The van der Waals surface area contributed by atoms with E-state index in [0.717, 1.165) is 30.2 Å². The summed E-state index contributed by atoms with van der Waals surface area (Å²) in [6, 6.07) is 0.234. The van der Waals surface area contributed by atoms with E-state index in [1.54, 1.807) is 6.20 Å². The molecule has 0 saturated carbocycles. The molecule has 4 heteroatoms. The van der Waals surface area contributed by atoms with E-state index in [-0.39, 0.29) is 11.5 Å². The Balaban J connectivity index is 3.07. The molecule has 0 aliphatic carbocycles. The monoisotopic (exact) mass is 257 g/mol. The Morgan fingerprint density at radius 2 is 2.06 bits per heavy atom. The van der Waals surface area contributed by atoms with Crippen molar-refractivity contribution in [1.82, 2.24) is 15.1 Å². The lowest BCUT2D eigenvalue weighted by atomic mass is 9.84. The Morgan fingerprint density at radius 3 is 2.53 bits per heavy atom. The largest absolute Gasteiger partial charge is 0.308 e. The maximum absolute atomic E-state index is 6.28. The Hall–Kier alpha value is -0.540. The van der Waals surface area contributed by atoms with Gasteiger partial charge in [-0.25, -0.2) is 0 Å². The first-order valence-electron chi connectivity index (χ1n) is 6.36. The molecule has 0 amide bonds. The molecular weight excluding hydrogens is 234 g/mol. The average molecular weight is 258 g/mol. The molecule has 0 spiro atoms. The van der Waals surface area contributed by atoms with E-state index in [4.69, 9.17) is 11.6 Å². The molecule has 1 aromatic heterocycles. The van der Waals surface area contributed by atoms with Crippen molar-refractivity contribution in [2.45, 2.75) is 53.6 Å². The van der Waals surface area contributed by atoms with Gasteiger partial charge in [0.1, 0.15) is 0 Å². The zero-order chi connectivity index (χ0) is 13.1. The van der Waals surface area contributed by atoms with Gasteiger partial charge in [-0.2, -0.15) is 5.10 Å². The Kier molecular flexibility index (Phi) is 5.02. The van der Waals surface area contributed by atoms with Crippen molar-refractivity contribution in [3.05, 3.63) is 16.9 Å². The molecule has 0 aliphatic heterocycles. The van der Waals surface area contributed by atoms with Gasteiger partial charge in [0.25, 0.3) is 0 Å². The first-order valence-corrected chi connectivity index (χ1v) is 6.74. The highest BCUT2D eigenvalue weighted by Gasteiger charge is 2.30. The number of nitrogens with one attached hydrogen (secondary N) is 1. The van der Waals surface area contributed by atoms with Gasteiger partial charge in [-0.1, -0.05) is 39.3 Å². The molecule has 17 heavy (non-hydrogen) atoms. The summed E-state index contributed by atoms with van der Waals surface area (Å²) in [6.45, 7) is 12.8. The molecule has 0 radical (unpaired) electrons. The molecule has 0 aromatic carbocycles. The maximum Gasteiger partial charge on any atom is 0.0834 e. The van der Waals surface area contributed by atoms with Crippen LogP contribution in [0, 0.1) is 5.41 Å². The van der Waals surface area contributed by atoms with Crippen molar-refractivity contribution in [2.24, 2.45) is 5.41 Å². The minimum absolute atomic E-state index is 0.117. The van der Waals surface area contributed by atoms with E-state index in [9.17, 15) is 0 Å². The van der Waals surface area contributed by atoms with Crippen molar-refractivity contribution in [2.75, 3.05) is 6.54 Å². The number of aromatic nitrogens is 2. The summed E-state index contributed by atoms with van der Waals surface area (Å²) in [5, 5.41) is 8.66. The van der Waals surface area contributed by atoms with Crippen molar-refractivity contribution in [3.8, 4) is 0 Å². The zero-order valence-corrected chi connectivity index (χ0v) is 12.3. The molecule has 0 bridgehead atoms. The molecule has 1 aromatic rings. The zero-order valence-electron chi connectivity index (χ0n) is 11.5. The van der Waals surface area contributed by atoms with Gasteiger partial charge in [-0.15, -0.1) is 0 Å². The van der Waals surface area contributed by atoms with Crippen LogP contribution < -0.4 is 5.32 Å². The van der Waals surface area contributed by atoms with Gasteiger partial charge in [-0.05, 0) is 25.3 Å². The number of hydrogen-bond acceptors (Lipinski definition) is 2. The van der Waals surface area contributed by atoms with Gasteiger partial charge < -0.3 is 5.32 Å². The van der Waals surface area contributed by atoms with Gasteiger partial charge in [0.15, 0.2) is 0 Å². The third kappa shape index (κ3) is 3.46. The highest BCUT2D eigenvalue weighted by molar-refractivity contribution is 6.31. The van der Waals surface area contributed by atoms with Crippen LogP contribution in [-0.2, 0) is 6.54 Å². The molecule has 0 fully saturated rings. The van der Waals surface area contributed by atoms with Crippen LogP contribution in [0.2, 0.25) is 5.02 Å². The number of aryl methyl sites for hydroxylation is 1. The van der Waals surface area contributed by atoms with Gasteiger partial charge in [-0.3, -0.25) is 4.68 Å². The molecule has 1 unspecified atom stereocenters. The normalized spacial score (nSPS) is 14.0. The van der Waals surface area contributed by atoms with E-state index >= 15 is 0 Å². The van der Waals surface area contributed by atoms with Gasteiger partial charge in [0.2, 0.25) is 0 Å². The second-order valence-electron chi connectivity index (χ2n) is 5.45. The Bertz CT molecular complexity index is 352. The van der Waals surface area contributed by atoms with Gasteiger partial charge in [0, 0.05) is 6.54 Å². The highest BCUT2D eigenvalue weighted by Crippen LogP contribution is 2.36. The molecular formula is C13H24ClN3. The second kappa shape index (κ2) is 5.87. The number of nitrogens with zero attached hydrogens (tertiary/aromatic N) is 2. The summed E-state index contributed by atoms with van der Waals surface area (Å²) >= 11 is 6.28. The lowest BCUT2D eigenvalue weighted by molar-refractivity contribution is 0.259. The summed E-state index contributed by atoms with van der Waals surface area (Å²) in [5.74, 6) is 0. The van der Waals surface area contributed by atoms with Crippen LogP contribution in [0.15, 0.2) is 6.20 Å². The lowest BCUT2D eigenvalue weighted by Gasteiger charge is -2.32. The van der Waals surface area contributed by atoms with E-state index < -0.39 is 0 Å². The molecule has 1 atom stereocenters. The SMILES string of the molecule is CCCNC(c1c(Cl)cnn1CC)C(C)(C)C. The van der Waals surface area contributed by atoms with Crippen molar-refractivity contribution < 1.29 is 0 Å². The molecule has 0 saturated heterocycles. The summed E-state index contributed by atoms with van der Waals surface area (Å²) in [5.41, 5.74) is 1.22. The van der Waals surface area contributed by atoms with Crippen molar-refractivity contribution >= 4 is 11.6 Å². The third-order valence-electron chi connectivity index (χ3n) is 2.87. The fraction of sp³-hybridized carbons (Fsp3) is 0.769. The van der Waals surface area contributed by atoms with E-state index in [2.05, 4.69) is 45.0 Å². The maximum atomic E-state index is 6.28. The lowest BCUT2D eigenvalue weighted by Crippen LogP contribution is -2.34. The number of hydrogen-bond donors (Lipinski definition) is 1. The van der Waals surface area contributed by atoms with Gasteiger partial charge >= 0.3 is 0 Å². The quantitative estimate of drug-likeness (QED) is 0.873. The predicted molar refractivity (Wildman–Crippen MR) is 73.4 cm³/mol. The van der Waals surface area contributed by atoms with Crippen LogP contribution in [0.3, 0.4) is 0 Å². The molecule has 3 nitrogen and oxygen atoms in total. The van der Waals surface area contributed by atoms with Gasteiger partial charge in [0.05, 0.1) is 23.0 Å². The predicted octanol–water partition coefficient (Wildman–Crippen LogP) is 3.64. The smallest absolute Gasteiger partial charge is 0.0834 e. The van der Waals surface area contributed by atoms with E-state index in [1.807, 2.05) is 4.68 Å². The van der Waals surface area contributed by atoms with Crippen molar-refractivity contribution in [1.29, 1.82) is 0 Å². The van der Waals surface area contributed by atoms with Crippen LogP contribution in [0.4, 0.5) is 0 Å². The third-order valence-corrected chi connectivity index (χ3v) is 3.16. The number of halogens is 1. The summed E-state index contributed by atoms with van der Waals surface area (Å²) < 4.78 is 1.99. The minimum Gasteiger partial charge on any atom is -0.308 e. The van der Waals surface area contributed by atoms with Crippen molar-refractivity contribution in [3.63, 3.8) is 0 Å². The van der Waals surface area contributed by atoms with Crippen LogP contribution in [-0.4, -0.2) is 16.3 Å². The molecule has 98 valence electrons. The van der Waals surface area contributed by atoms with Crippen LogP contribution in [0.1, 0.15) is 52.8 Å². The first-order chi connectivity index (χ1) is 7.91. The topological polar surface area (TPSA) is 29.9 Å².